The minimum Gasteiger partial charge on any atom is -0.394 e. The molecule has 0 bridgehead atoms. The highest BCUT2D eigenvalue weighted by Crippen LogP contribution is 2.28. The first-order valence-corrected chi connectivity index (χ1v) is 7.63. The summed E-state index contributed by atoms with van der Waals surface area (Å²) in [6.07, 6.45) is -0.448. The maximum Gasteiger partial charge on any atom is 0.264 e. The van der Waals surface area contributed by atoms with Crippen LogP contribution in [0, 0.1) is 5.82 Å². The lowest BCUT2D eigenvalue weighted by atomic mass is 10.2. The van der Waals surface area contributed by atoms with Crippen molar-refractivity contribution in [3.05, 3.63) is 35.0 Å². The van der Waals surface area contributed by atoms with Gasteiger partial charge in [0.25, 0.3) is 5.91 Å². The van der Waals surface area contributed by atoms with Crippen LogP contribution < -0.4 is 0 Å². The predicted octanol–water partition coefficient (Wildman–Crippen LogP) is 2.26. The van der Waals surface area contributed by atoms with Crippen molar-refractivity contribution in [2.45, 2.75) is 19.1 Å². The van der Waals surface area contributed by atoms with E-state index in [2.05, 4.69) is 0 Å². The van der Waals surface area contributed by atoms with E-state index < -0.39 is 0 Å². The molecule has 3 rings (SSSR count). The van der Waals surface area contributed by atoms with Crippen LogP contribution in [0.15, 0.2) is 24.3 Å². The van der Waals surface area contributed by atoms with Crippen molar-refractivity contribution in [2.75, 3.05) is 19.7 Å². The zero-order valence-electron chi connectivity index (χ0n) is 11.6. The summed E-state index contributed by atoms with van der Waals surface area (Å²) in [5.41, 5.74) is 0. The molecule has 2 unspecified atom stereocenters. The highest BCUT2D eigenvalue weighted by Gasteiger charge is 2.29. The summed E-state index contributed by atoms with van der Waals surface area (Å²) in [5.74, 6) is -0.398. The number of morpholine rings is 1. The maximum absolute atomic E-state index is 13.2. The number of carbonyl (C=O) groups is 1. The van der Waals surface area contributed by atoms with Gasteiger partial charge in [0.1, 0.15) is 5.82 Å². The van der Waals surface area contributed by atoms with Gasteiger partial charge < -0.3 is 14.7 Å². The van der Waals surface area contributed by atoms with Crippen LogP contribution in [-0.2, 0) is 4.74 Å². The molecule has 0 radical (unpaired) electrons. The number of halogens is 1. The van der Waals surface area contributed by atoms with Crippen molar-refractivity contribution in [3.8, 4) is 0 Å². The molecule has 1 aromatic carbocycles. The summed E-state index contributed by atoms with van der Waals surface area (Å²) in [7, 11) is 0. The van der Waals surface area contributed by atoms with Gasteiger partial charge in [0.2, 0.25) is 0 Å². The number of rotatable bonds is 2. The van der Waals surface area contributed by atoms with Crippen LogP contribution >= 0.6 is 11.3 Å². The second-order valence-electron chi connectivity index (χ2n) is 5.25. The third-order valence-electron chi connectivity index (χ3n) is 3.51. The minimum absolute atomic E-state index is 0.0924. The summed E-state index contributed by atoms with van der Waals surface area (Å²) >= 11 is 1.36. The smallest absolute Gasteiger partial charge is 0.264 e. The molecule has 2 heterocycles. The van der Waals surface area contributed by atoms with E-state index in [1.165, 1.54) is 23.5 Å². The number of nitrogens with zero attached hydrogens (tertiary/aromatic N) is 1. The average molecular weight is 309 g/mol. The van der Waals surface area contributed by atoms with Crippen molar-refractivity contribution in [1.82, 2.24) is 4.90 Å². The highest BCUT2D eigenvalue weighted by molar-refractivity contribution is 7.20. The molecule has 4 nitrogen and oxygen atoms in total. The molecule has 1 aromatic heterocycles. The molecular formula is C15H16FNO3S. The van der Waals surface area contributed by atoms with Gasteiger partial charge in [-0.1, -0.05) is 0 Å². The fourth-order valence-corrected chi connectivity index (χ4v) is 3.60. The van der Waals surface area contributed by atoms with Crippen molar-refractivity contribution >= 4 is 27.3 Å². The molecule has 1 aliphatic heterocycles. The topological polar surface area (TPSA) is 49.8 Å². The SMILES string of the molecule is CC1CN(C(=O)c2cc3cc(F)ccc3s2)CC(CO)O1. The van der Waals surface area contributed by atoms with E-state index in [1.54, 1.807) is 17.0 Å². The van der Waals surface area contributed by atoms with Gasteiger partial charge in [-0.2, -0.15) is 0 Å². The van der Waals surface area contributed by atoms with Gasteiger partial charge in [0.05, 0.1) is 23.7 Å². The Hall–Kier alpha value is -1.50. The van der Waals surface area contributed by atoms with E-state index in [-0.39, 0.29) is 30.5 Å². The number of ether oxygens (including phenoxy) is 1. The first-order chi connectivity index (χ1) is 10.1. The molecule has 1 aliphatic rings. The first kappa shape index (κ1) is 14.4. The lowest BCUT2D eigenvalue weighted by Gasteiger charge is -2.35. The van der Waals surface area contributed by atoms with E-state index in [1.807, 2.05) is 6.92 Å². The molecule has 0 saturated carbocycles. The summed E-state index contributed by atoms with van der Waals surface area (Å²) in [4.78, 5) is 14.8. The number of fused-ring (bicyclic) bond motifs is 1. The Morgan fingerprint density at radius 3 is 3.05 bits per heavy atom. The Bertz CT molecular complexity index is 672. The molecule has 21 heavy (non-hydrogen) atoms. The number of carbonyl (C=O) groups excluding carboxylic acids is 1. The number of aliphatic hydroxyl groups is 1. The first-order valence-electron chi connectivity index (χ1n) is 6.81. The largest absolute Gasteiger partial charge is 0.394 e. The van der Waals surface area contributed by atoms with Crippen LogP contribution in [-0.4, -0.2) is 47.8 Å². The van der Waals surface area contributed by atoms with E-state index in [0.29, 0.717) is 18.0 Å². The molecule has 1 amide bonds. The number of hydrogen-bond acceptors (Lipinski definition) is 4. The molecule has 2 aromatic rings. The van der Waals surface area contributed by atoms with Gasteiger partial charge >= 0.3 is 0 Å². The zero-order chi connectivity index (χ0) is 15.0. The lowest BCUT2D eigenvalue weighted by molar-refractivity contribution is -0.0857. The van der Waals surface area contributed by atoms with E-state index in [9.17, 15) is 14.3 Å². The second-order valence-corrected chi connectivity index (χ2v) is 6.34. The Balaban J connectivity index is 1.85. The normalized spacial score (nSPS) is 22.7. The summed E-state index contributed by atoms with van der Waals surface area (Å²) in [6, 6.07) is 6.23. The maximum atomic E-state index is 13.2. The van der Waals surface area contributed by atoms with Gasteiger partial charge in [-0.3, -0.25) is 4.79 Å². The summed E-state index contributed by atoms with van der Waals surface area (Å²) in [5, 5.41) is 9.96. The number of amides is 1. The minimum atomic E-state index is -0.343. The van der Waals surface area contributed by atoms with E-state index in [4.69, 9.17) is 4.74 Å². The number of aliphatic hydroxyl groups excluding tert-OH is 1. The van der Waals surface area contributed by atoms with E-state index in [0.717, 1.165) is 10.1 Å². The Morgan fingerprint density at radius 2 is 2.29 bits per heavy atom. The van der Waals surface area contributed by atoms with Crippen molar-refractivity contribution in [1.29, 1.82) is 0 Å². The van der Waals surface area contributed by atoms with Gasteiger partial charge in [-0.15, -0.1) is 11.3 Å². The molecule has 1 N–H and O–H groups in total. The van der Waals surface area contributed by atoms with Gasteiger partial charge in [0, 0.05) is 17.8 Å². The molecule has 0 spiro atoms. The zero-order valence-corrected chi connectivity index (χ0v) is 12.4. The van der Waals surface area contributed by atoms with Gasteiger partial charge in [0.15, 0.2) is 0 Å². The van der Waals surface area contributed by atoms with Crippen LogP contribution in [0.5, 0.6) is 0 Å². The number of benzene rings is 1. The van der Waals surface area contributed by atoms with Crippen LogP contribution in [0.1, 0.15) is 16.6 Å². The fraction of sp³-hybridized carbons (Fsp3) is 0.400. The van der Waals surface area contributed by atoms with Crippen molar-refractivity contribution in [3.63, 3.8) is 0 Å². The van der Waals surface area contributed by atoms with Gasteiger partial charge in [-0.05, 0) is 36.6 Å². The second kappa shape index (κ2) is 5.71. The van der Waals surface area contributed by atoms with Crippen molar-refractivity contribution < 1.29 is 19.0 Å². The molecule has 112 valence electrons. The van der Waals surface area contributed by atoms with Gasteiger partial charge in [-0.25, -0.2) is 4.39 Å². The number of thiophene rings is 1. The Kier molecular flexibility index (Phi) is 3.93. The van der Waals surface area contributed by atoms with Crippen LogP contribution in [0.3, 0.4) is 0 Å². The molecule has 6 heteroatoms. The molecule has 2 atom stereocenters. The third kappa shape index (κ3) is 2.92. The molecule has 0 aliphatic carbocycles. The molecule has 1 saturated heterocycles. The molecular weight excluding hydrogens is 293 g/mol. The van der Waals surface area contributed by atoms with E-state index >= 15 is 0 Å². The predicted molar refractivity (Wildman–Crippen MR) is 79.1 cm³/mol. The van der Waals surface area contributed by atoms with Crippen molar-refractivity contribution in [2.24, 2.45) is 0 Å². The number of hydrogen-bond donors (Lipinski definition) is 1. The lowest BCUT2D eigenvalue weighted by Crippen LogP contribution is -2.50. The van der Waals surface area contributed by atoms with Crippen LogP contribution in [0.2, 0.25) is 0 Å². The quantitative estimate of drug-likeness (QED) is 0.926. The fourth-order valence-electron chi connectivity index (χ4n) is 2.59. The Labute approximate surface area is 125 Å². The van der Waals surface area contributed by atoms with Crippen LogP contribution in [0.25, 0.3) is 10.1 Å². The molecule has 1 fully saturated rings. The average Bonchev–Trinajstić information content (AvgIpc) is 2.88. The summed E-state index contributed by atoms with van der Waals surface area (Å²) < 4.78 is 19.6. The summed E-state index contributed by atoms with van der Waals surface area (Å²) in [6.45, 7) is 2.65. The highest BCUT2D eigenvalue weighted by atomic mass is 32.1. The standard InChI is InChI=1S/C15H16FNO3S/c1-9-6-17(7-12(8-18)20-9)15(19)14-5-10-4-11(16)2-3-13(10)21-14/h2-5,9,12,18H,6-8H2,1H3. The Morgan fingerprint density at radius 1 is 1.48 bits per heavy atom. The monoisotopic (exact) mass is 309 g/mol. The third-order valence-corrected chi connectivity index (χ3v) is 4.61. The van der Waals surface area contributed by atoms with Crippen LogP contribution in [0.4, 0.5) is 4.39 Å².